The number of hydrogen-bond acceptors (Lipinski definition) is 5. The van der Waals surface area contributed by atoms with Gasteiger partial charge in [-0.2, -0.15) is 0 Å². The first-order valence-electron chi connectivity index (χ1n) is 9.93. The molecule has 0 bridgehead atoms. The number of ether oxygens (including phenoxy) is 2. The normalized spacial score (nSPS) is 20.7. The Balaban J connectivity index is 1.46. The first kappa shape index (κ1) is 19.4. The van der Waals surface area contributed by atoms with Gasteiger partial charge in [0.05, 0.1) is 34.5 Å². The molecule has 0 aromatic carbocycles. The van der Waals surface area contributed by atoms with Crippen molar-refractivity contribution >= 4 is 33.6 Å². The van der Waals surface area contributed by atoms with Gasteiger partial charge in [-0.1, -0.05) is 5.16 Å². The van der Waals surface area contributed by atoms with Gasteiger partial charge in [0.25, 0.3) is 0 Å². The molecule has 1 saturated heterocycles. The topological polar surface area (TPSA) is 62.3 Å². The van der Waals surface area contributed by atoms with Gasteiger partial charge >= 0.3 is 0 Å². The number of aryl methyl sites for hydroxylation is 2. The maximum Gasteiger partial charge on any atom is 0.168 e. The predicted molar refractivity (Wildman–Crippen MR) is 114 cm³/mol. The minimum absolute atomic E-state index is 0.301. The molecule has 5 rings (SSSR count). The molecule has 3 aromatic rings. The van der Waals surface area contributed by atoms with Gasteiger partial charge in [-0.3, -0.25) is 4.98 Å². The lowest BCUT2D eigenvalue weighted by atomic mass is 9.82. The highest BCUT2D eigenvalue weighted by atomic mass is 127. The number of aromatic nitrogens is 3. The van der Waals surface area contributed by atoms with Crippen LogP contribution in [0.1, 0.15) is 37.1 Å². The van der Waals surface area contributed by atoms with Gasteiger partial charge in [-0.05, 0) is 55.3 Å². The average Bonchev–Trinajstić information content (AvgIpc) is 3.38. The first-order valence-corrected chi connectivity index (χ1v) is 11.0. The molecule has 0 radical (unpaired) electrons. The van der Waals surface area contributed by atoms with E-state index in [1.165, 1.54) is 0 Å². The van der Waals surface area contributed by atoms with Crippen LogP contribution in [-0.4, -0.2) is 39.4 Å². The fraction of sp³-hybridized carbons (Fsp3) is 0.524. The second-order valence-corrected chi connectivity index (χ2v) is 9.32. The molecule has 4 heterocycles. The van der Waals surface area contributed by atoms with E-state index in [9.17, 15) is 0 Å². The molecule has 1 spiro atoms. The molecule has 0 unspecified atom stereocenters. The Labute approximate surface area is 181 Å². The van der Waals surface area contributed by atoms with Gasteiger partial charge in [-0.25, -0.2) is 4.39 Å². The Morgan fingerprint density at radius 1 is 1.17 bits per heavy atom. The van der Waals surface area contributed by atoms with E-state index in [0.717, 1.165) is 37.2 Å². The number of halogens is 2. The third kappa shape index (κ3) is 3.38. The van der Waals surface area contributed by atoms with Crippen LogP contribution in [-0.2, 0) is 16.0 Å². The van der Waals surface area contributed by atoms with E-state index in [1.807, 2.05) is 30.8 Å². The maximum absolute atomic E-state index is 15.8. The number of alkyl halides is 1. The van der Waals surface area contributed by atoms with Crippen LogP contribution in [0.4, 0.5) is 4.39 Å². The minimum Gasteiger partial charge on any atom is -0.361 e. The highest BCUT2D eigenvalue weighted by molar-refractivity contribution is 14.1. The Morgan fingerprint density at radius 3 is 2.55 bits per heavy atom. The average molecular weight is 511 g/mol. The van der Waals surface area contributed by atoms with E-state index in [0.29, 0.717) is 45.4 Å². The third-order valence-corrected chi connectivity index (χ3v) is 6.96. The van der Waals surface area contributed by atoms with Crippen molar-refractivity contribution < 1.29 is 18.4 Å². The summed E-state index contributed by atoms with van der Waals surface area (Å²) >= 11 is 2.27. The van der Waals surface area contributed by atoms with Crippen molar-refractivity contribution in [1.82, 2.24) is 14.7 Å². The zero-order chi connectivity index (χ0) is 20.2. The molecule has 3 aromatic heterocycles. The predicted octanol–water partition coefficient (Wildman–Crippen LogP) is 4.94. The summed E-state index contributed by atoms with van der Waals surface area (Å²) in [6.07, 6.45) is 5.89. The summed E-state index contributed by atoms with van der Waals surface area (Å²) in [5.74, 6) is 0.202. The quantitative estimate of drug-likeness (QED) is 0.467. The van der Waals surface area contributed by atoms with Crippen LogP contribution in [0.2, 0.25) is 0 Å². The summed E-state index contributed by atoms with van der Waals surface area (Å²) in [7, 11) is 0. The van der Waals surface area contributed by atoms with Gasteiger partial charge < -0.3 is 18.6 Å². The standard InChI is InChI=1S/C21H23FIN3O3/c1-13-18(14(2)29-25-13)15-9-17-19(24-10-15)16(23)11-26(17)12-20(22)3-5-21(6-4-20)27-7-8-28-21/h9-11H,3-8,12H2,1-2H3. The second-order valence-electron chi connectivity index (χ2n) is 8.15. The molecule has 2 aliphatic rings. The van der Waals surface area contributed by atoms with Gasteiger partial charge in [0.2, 0.25) is 0 Å². The van der Waals surface area contributed by atoms with Gasteiger partial charge in [0, 0.05) is 36.4 Å². The fourth-order valence-electron chi connectivity index (χ4n) is 4.61. The summed E-state index contributed by atoms with van der Waals surface area (Å²) in [6.45, 7) is 5.32. The molecule has 0 amide bonds. The van der Waals surface area contributed by atoms with E-state index in [4.69, 9.17) is 14.0 Å². The largest absolute Gasteiger partial charge is 0.361 e. The second kappa shape index (κ2) is 7.02. The molecule has 0 N–H and O–H groups in total. The molecular weight excluding hydrogens is 488 g/mol. The van der Waals surface area contributed by atoms with Crippen molar-refractivity contribution in [3.05, 3.63) is 33.5 Å². The van der Waals surface area contributed by atoms with Crippen LogP contribution < -0.4 is 0 Å². The molecule has 29 heavy (non-hydrogen) atoms. The van der Waals surface area contributed by atoms with E-state index < -0.39 is 11.5 Å². The zero-order valence-electron chi connectivity index (χ0n) is 16.5. The van der Waals surface area contributed by atoms with Crippen LogP contribution in [0.5, 0.6) is 0 Å². The number of nitrogens with zero attached hydrogens (tertiary/aromatic N) is 3. The summed E-state index contributed by atoms with van der Waals surface area (Å²) < 4.78 is 35.6. The number of pyridine rings is 1. The summed E-state index contributed by atoms with van der Waals surface area (Å²) in [5.41, 5.74) is 3.25. The van der Waals surface area contributed by atoms with Gasteiger partial charge in [0.15, 0.2) is 5.79 Å². The van der Waals surface area contributed by atoms with Crippen LogP contribution in [0.3, 0.4) is 0 Å². The van der Waals surface area contributed by atoms with E-state index >= 15 is 4.39 Å². The van der Waals surface area contributed by atoms with Crippen molar-refractivity contribution in [1.29, 1.82) is 0 Å². The molecule has 1 aliphatic carbocycles. The van der Waals surface area contributed by atoms with Crippen LogP contribution in [0.15, 0.2) is 23.0 Å². The van der Waals surface area contributed by atoms with Crippen molar-refractivity contribution in [2.24, 2.45) is 0 Å². The van der Waals surface area contributed by atoms with E-state index in [-0.39, 0.29) is 0 Å². The molecule has 1 saturated carbocycles. The Hall–Kier alpha value is -1.52. The molecule has 0 atom stereocenters. The number of hydrogen-bond donors (Lipinski definition) is 0. The van der Waals surface area contributed by atoms with Crippen molar-refractivity contribution in [3.63, 3.8) is 0 Å². The monoisotopic (exact) mass is 511 g/mol. The lowest BCUT2D eigenvalue weighted by Gasteiger charge is -2.39. The third-order valence-electron chi connectivity index (χ3n) is 6.17. The summed E-state index contributed by atoms with van der Waals surface area (Å²) in [5, 5.41) is 4.04. The fourth-order valence-corrected chi connectivity index (χ4v) is 5.37. The maximum atomic E-state index is 15.8. The Kier molecular flexibility index (Phi) is 4.71. The van der Waals surface area contributed by atoms with Crippen LogP contribution >= 0.6 is 22.6 Å². The van der Waals surface area contributed by atoms with Gasteiger partial charge in [-0.15, -0.1) is 0 Å². The molecule has 6 nitrogen and oxygen atoms in total. The van der Waals surface area contributed by atoms with Crippen molar-refractivity contribution in [2.45, 2.75) is 57.5 Å². The van der Waals surface area contributed by atoms with E-state index in [2.05, 4.69) is 38.8 Å². The molecule has 8 heteroatoms. The zero-order valence-corrected chi connectivity index (χ0v) is 18.7. The number of fused-ring (bicyclic) bond motifs is 1. The Morgan fingerprint density at radius 2 is 1.90 bits per heavy atom. The van der Waals surface area contributed by atoms with Gasteiger partial charge in [0.1, 0.15) is 16.9 Å². The molecule has 154 valence electrons. The summed E-state index contributed by atoms with van der Waals surface area (Å²) in [6, 6.07) is 2.06. The Bertz CT molecular complexity index is 1040. The van der Waals surface area contributed by atoms with Crippen molar-refractivity contribution in [2.75, 3.05) is 13.2 Å². The highest BCUT2D eigenvalue weighted by Gasteiger charge is 2.46. The first-order chi connectivity index (χ1) is 13.9. The van der Waals surface area contributed by atoms with E-state index in [1.54, 1.807) is 0 Å². The SMILES string of the molecule is Cc1noc(C)c1-c1cnc2c(I)cn(CC3(F)CCC4(CC3)OCCO4)c2c1. The lowest BCUT2D eigenvalue weighted by molar-refractivity contribution is -0.194. The smallest absolute Gasteiger partial charge is 0.168 e. The molecule has 1 aliphatic heterocycles. The summed E-state index contributed by atoms with van der Waals surface area (Å²) in [4.78, 5) is 4.65. The number of rotatable bonds is 3. The highest BCUT2D eigenvalue weighted by Crippen LogP contribution is 2.43. The lowest BCUT2D eigenvalue weighted by Crippen LogP contribution is -2.43. The molecular formula is C21H23FIN3O3. The van der Waals surface area contributed by atoms with Crippen LogP contribution in [0.25, 0.3) is 22.2 Å². The van der Waals surface area contributed by atoms with Crippen LogP contribution in [0, 0.1) is 17.4 Å². The minimum atomic E-state index is -1.28. The van der Waals surface area contributed by atoms with Crippen molar-refractivity contribution in [3.8, 4) is 11.1 Å². The molecule has 2 fully saturated rings.